The summed E-state index contributed by atoms with van der Waals surface area (Å²) in [7, 11) is 7.53. The van der Waals surface area contributed by atoms with Crippen LogP contribution in [0.15, 0.2) is 0 Å². The van der Waals surface area contributed by atoms with Crippen LogP contribution >= 0.6 is 38.1 Å². The van der Waals surface area contributed by atoms with Gasteiger partial charge in [-0.2, -0.15) is 0 Å². The summed E-state index contributed by atoms with van der Waals surface area (Å²) in [6.07, 6.45) is 0. The fourth-order valence-electron chi connectivity index (χ4n) is 2.33. The van der Waals surface area contributed by atoms with Crippen molar-refractivity contribution in [3.05, 3.63) is 0 Å². The van der Waals surface area contributed by atoms with E-state index < -0.39 is 33.7 Å². The van der Waals surface area contributed by atoms with Crippen LogP contribution in [-0.4, -0.2) is 33.7 Å². The molecular formula is C6H18Ge2S4Si2. The molecule has 82 valence electrons. The Morgan fingerprint density at radius 2 is 0.857 bits per heavy atom. The van der Waals surface area contributed by atoms with E-state index in [0.29, 0.717) is 0 Å². The van der Waals surface area contributed by atoms with Crippen molar-refractivity contribution in [2.45, 2.75) is 36.1 Å². The SMILES string of the molecule is C[Si]12[S][Ge]([CH3])([CH3])[S][Si]1(C)[S][Ge]([CH3])([CH3])[S]2. The van der Waals surface area contributed by atoms with Crippen LogP contribution in [0, 0.1) is 0 Å². The standard InChI is InChI=1S/C6H18Ge2S4Si2/c1-7(2)9-13(5)11-8(3,4)12-14(13,6)10-7/h1-6H3. The zero-order valence-electron chi connectivity index (χ0n) is 9.63. The molecule has 0 aromatic heterocycles. The molecule has 2 heterocycles. The zero-order valence-corrected chi connectivity index (χ0v) is 19.1. The van der Waals surface area contributed by atoms with E-state index in [1.54, 1.807) is 0 Å². The third-order valence-electron chi connectivity index (χ3n) is 2.59. The quantitative estimate of drug-likeness (QED) is 0.527. The predicted octanol–water partition coefficient (Wildman–Crippen LogP) is 4.57. The molecule has 0 nitrogen and oxygen atoms in total. The first-order chi connectivity index (χ1) is 6.08. The summed E-state index contributed by atoms with van der Waals surface area (Å²) in [6, 6.07) is 0. The van der Waals surface area contributed by atoms with Crippen molar-refractivity contribution in [1.29, 1.82) is 0 Å². The molecule has 0 aliphatic carbocycles. The molecule has 2 aliphatic heterocycles. The predicted molar refractivity (Wildman–Crippen MR) is 88.6 cm³/mol. The first-order valence-electron chi connectivity index (χ1n) is 4.88. The van der Waals surface area contributed by atoms with Gasteiger partial charge >= 0.3 is 108 Å². The summed E-state index contributed by atoms with van der Waals surface area (Å²) in [5, 5.41) is 0. The molecule has 2 rings (SSSR count). The van der Waals surface area contributed by atoms with Gasteiger partial charge in [-0.1, -0.05) is 0 Å². The Labute approximate surface area is 106 Å². The topological polar surface area (TPSA) is 0 Å². The van der Waals surface area contributed by atoms with Crippen molar-refractivity contribution in [1.82, 2.24) is 0 Å². The maximum absolute atomic E-state index is 2.72. The van der Waals surface area contributed by atoms with Crippen LogP contribution in [0.4, 0.5) is 0 Å². The van der Waals surface area contributed by atoms with Crippen LogP contribution in [0.5, 0.6) is 0 Å². The van der Waals surface area contributed by atoms with Gasteiger partial charge in [0.25, 0.3) is 0 Å². The molecule has 0 atom stereocenters. The average Bonchev–Trinajstić information content (AvgIpc) is 1.99. The summed E-state index contributed by atoms with van der Waals surface area (Å²) in [6.45, 7) is 5.43. The Balaban J connectivity index is 2.34. The van der Waals surface area contributed by atoms with E-state index in [1.165, 1.54) is 0 Å². The summed E-state index contributed by atoms with van der Waals surface area (Å²) in [5.74, 6) is 8.76. The van der Waals surface area contributed by atoms with Gasteiger partial charge in [0.15, 0.2) is 0 Å². The molecule has 0 spiro atoms. The first-order valence-corrected chi connectivity index (χ1v) is 35.7. The van der Waals surface area contributed by atoms with E-state index in [0.717, 1.165) is 0 Å². The van der Waals surface area contributed by atoms with E-state index in [1.807, 2.05) is 0 Å². The average molecular weight is 420 g/mol. The molecule has 0 amide bonds. The van der Waals surface area contributed by atoms with Gasteiger partial charge in [0.2, 0.25) is 0 Å². The van der Waals surface area contributed by atoms with Crippen LogP contribution in [0.2, 0.25) is 36.1 Å². The van der Waals surface area contributed by atoms with Crippen LogP contribution in [0.25, 0.3) is 0 Å². The fraction of sp³-hybridized carbons (Fsp3) is 1.00. The number of hydrogen-bond donors (Lipinski definition) is 0. The third kappa shape index (κ3) is 2.24. The maximum atomic E-state index is 2.72. The zero-order chi connectivity index (χ0) is 10.8. The molecule has 0 N–H and O–H groups in total. The van der Waals surface area contributed by atoms with Gasteiger partial charge in [-0.05, 0) is 0 Å². The first kappa shape index (κ1) is 13.4. The summed E-state index contributed by atoms with van der Waals surface area (Å²) in [5.41, 5.74) is 0. The van der Waals surface area contributed by atoms with Crippen LogP contribution in [0.1, 0.15) is 0 Å². The molecule has 2 saturated heterocycles. The van der Waals surface area contributed by atoms with E-state index in [4.69, 9.17) is 0 Å². The molecule has 0 radical (unpaired) electrons. The molecule has 2 aliphatic rings. The summed E-state index contributed by atoms with van der Waals surface area (Å²) >= 11 is 0. The van der Waals surface area contributed by atoms with Crippen molar-refractivity contribution in [2.75, 3.05) is 0 Å². The molecule has 0 saturated carbocycles. The summed E-state index contributed by atoms with van der Waals surface area (Å²) < 4.78 is 0. The molecule has 2 fully saturated rings. The van der Waals surface area contributed by atoms with Crippen LogP contribution < -0.4 is 0 Å². The second-order valence-electron chi connectivity index (χ2n) is 5.10. The number of rotatable bonds is 0. The second-order valence-corrected chi connectivity index (χ2v) is 84.9. The Bertz CT molecular complexity index is 239. The van der Waals surface area contributed by atoms with Crippen molar-refractivity contribution in [3.63, 3.8) is 0 Å². The number of fused-ring (bicyclic) bond motifs is 1. The van der Waals surface area contributed by atoms with Crippen molar-refractivity contribution in [2.24, 2.45) is 0 Å². The van der Waals surface area contributed by atoms with E-state index in [-0.39, 0.29) is 0 Å². The van der Waals surface area contributed by atoms with Gasteiger partial charge in [0.1, 0.15) is 0 Å². The molecule has 8 heteroatoms. The Hall–Kier alpha value is 2.92. The number of hydrogen-bond acceptors (Lipinski definition) is 4. The molecule has 14 heavy (non-hydrogen) atoms. The molecule has 0 unspecified atom stereocenters. The van der Waals surface area contributed by atoms with Gasteiger partial charge in [0.05, 0.1) is 0 Å². The van der Waals surface area contributed by atoms with Crippen molar-refractivity contribution < 1.29 is 0 Å². The van der Waals surface area contributed by atoms with Gasteiger partial charge in [-0.25, -0.2) is 0 Å². The fourth-order valence-corrected chi connectivity index (χ4v) is 376. The summed E-state index contributed by atoms with van der Waals surface area (Å²) in [4.78, 5) is 0. The van der Waals surface area contributed by atoms with Crippen LogP contribution in [0.3, 0.4) is 0 Å². The Morgan fingerprint density at radius 3 is 1.07 bits per heavy atom. The molecule has 0 aromatic carbocycles. The minimum atomic E-state index is -1.40. The monoisotopic (exact) mass is 422 g/mol. The Kier molecular flexibility index (Phi) is 3.54. The van der Waals surface area contributed by atoms with Crippen molar-refractivity contribution in [3.8, 4) is 0 Å². The van der Waals surface area contributed by atoms with E-state index >= 15 is 0 Å². The Morgan fingerprint density at radius 1 is 0.643 bits per heavy atom. The second kappa shape index (κ2) is 3.71. The molecule has 0 bridgehead atoms. The van der Waals surface area contributed by atoms with E-state index in [2.05, 4.69) is 74.3 Å². The van der Waals surface area contributed by atoms with Crippen LogP contribution in [-0.2, 0) is 0 Å². The van der Waals surface area contributed by atoms with E-state index in [9.17, 15) is 0 Å². The molecular weight excluding hydrogens is 402 g/mol. The van der Waals surface area contributed by atoms with Gasteiger partial charge in [-0.3, -0.25) is 0 Å². The van der Waals surface area contributed by atoms with Crippen molar-refractivity contribution >= 4 is 71.9 Å². The normalized spacial score (nSPS) is 49.3. The molecule has 0 aromatic rings. The van der Waals surface area contributed by atoms with Gasteiger partial charge in [-0.15, -0.1) is 0 Å². The third-order valence-corrected chi connectivity index (χ3v) is 159. The van der Waals surface area contributed by atoms with Gasteiger partial charge in [0, 0.05) is 0 Å². The minimum absolute atomic E-state index is 0.883. The van der Waals surface area contributed by atoms with Gasteiger partial charge < -0.3 is 0 Å².